The molecule has 4 heterocycles. The number of amides is 4. The van der Waals surface area contributed by atoms with Crippen LogP contribution in [0, 0.1) is 17.8 Å². The number of methoxy groups -OCH3 is 1. The molecule has 20 heteroatoms. The Kier molecular flexibility index (Phi) is 12.0. The first kappa shape index (κ1) is 44.3. The molecule has 0 bridgehead atoms. The minimum Gasteiger partial charge on any atom is -0.494 e. The quantitative estimate of drug-likeness (QED) is 0.230. The number of carbonyl (C=O) groups excluding carboxylic acids is 3. The van der Waals surface area contributed by atoms with Crippen LogP contribution >= 0.6 is 0 Å². The summed E-state index contributed by atoms with van der Waals surface area (Å²) in [6, 6.07) is 3.50. The molecule has 3 N–H and O–H groups in total. The molecular weight excluding hydrogens is 831 g/mol. The smallest absolute Gasteiger partial charge is 0.412 e. The summed E-state index contributed by atoms with van der Waals surface area (Å²) < 4.78 is 104. The third-order valence-corrected chi connectivity index (χ3v) is 15.3. The number of benzene rings is 1. The van der Waals surface area contributed by atoms with Crippen LogP contribution in [0.4, 0.5) is 22.4 Å². The van der Waals surface area contributed by atoms with Crippen molar-refractivity contribution < 1.29 is 64.5 Å². The summed E-state index contributed by atoms with van der Waals surface area (Å²) in [5.41, 5.74) is -4.85. The number of carbonyl (C=O) groups is 4. The zero-order valence-corrected chi connectivity index (χ0v) is 34.9. The second kappa shape index (κ2) is 16.5. The van der Waals surface area contributed by atoms with Crippen LogP contribution in [0.25, 0.3) is 10.8 Å². The highest BCUT2D eigenvalue weighted by atomic mass is 32.2. The van der Waals surface area contributed by atoms with Gasteiger partial charge in [-0.05, 0) is 56.4 Å². The molecule has 3 aliphatic heterocycles. The van der Waals surface area contributed by atoms with Crippen molar-refractivity contribution in [1.82, 2.24) is 24.8 Å². The first-order valence-electron chi connectivity index (χ1n) is 20.5. The van der Waals surface area contributed by atoms with Crippen molar-refractivity contribution >= 4 is 44.6 Å². The first-order chi connectivity index (χ1) is 28.8. The summed E-state index contributed by atoms with van der Waals surface area (Å²) >= 11 is 0. The molecule has 0 spiro atoms. The topological polar surface area (TPSA) is 194 Å². The predicted octanol–water partition coefficient (Wildman–Crippen LogP) is 4.89. The molecule has 15 nitrogen and oxygen atoms in total. The van der Waals surface area contributed by atoms with Crippen LogP contribution in [-0.4, -0.2) is 126 Å². The summed E-state index contributed by atoms with van der Waals surface area (Å²) in [6.45, 7) is 0.914. The maximum absolute atomic E-state index is 15.4. The van der Waals surface area contributed by atoms with Crippen LogP contribution in [0.3, 0.4) is 0 Å². The SMILES string of the molecule is COc1cnc(O[C@@H]2C[C@H]3C(=O)N[C@]4(C(=O)NS(=O)(=O)C5(CF)CC5)C[C@H]4C=CCC[C@@H](C)C[C@@H](C)[C@H](N(C(=O)O)C4(C(F)(F)F)CCOCC4)C(=O)N3C2)c2ccccc12. The number of ether oxygens (including phenoxy) is 3. The number of fused-ring (bicyclic) bond motifs is 3. The van der Waals surface area contributed by atoms with E-state index in [0.717, 1.165) is 4.90 Å². The van der Waals surface area contributed by atoms with E-state index in [-0.39, 0.29) is 48.8 Å². The van der Waals surface area contributed by atoms with Crippen LogP contribution in [0.5, 0.6) is 11.6 Å². The molecular formula is C41H51F4N5O10S. The van der Waals surface area contributed by atoms with Crippen molar-refractivity contribution in [2.75, 3.05) is 33.5 Å². The van der Waals surface area contributed by atoms with Gasteiger partial charge in [0.25, 0.3) is 5.91 Å². The summed E-state index contributed by atoms with van der Waals surface area (Å²) in [7, 11) is -3.05. The average Bonchev–Trinajstić information content (AvgIpc) is 4.12. The van der Waals surface area contributed by atoms with Gasteiger partial charge in [-0.15, -0.1) is 0 Å². The number of allylic oxidation sites excluding steroid dienone is 1. The Bertz CT molecular complexity index is 2180. The second-order valence-electron chi connectivity index (χ2n) is 17.2. The Hall–Kier alpha value is -4.72. The third-order valence-electron chi connectivity index (χ3n) is 13.2. The van der Waals surface area contributed by atoms with Gasteiger partial charge >= 0.3 is 12.3 Å². The van der Waals surface area contributed by atoms with E-state index in [2.05, 4.69) is 10.3 Å². The van der Waals surface area contributed by atoms with Gasteiger partial charge in [-0.1, -0.05) is 44.2 Å². The number of carboxylic acid groups (broad SMARTS) is 1. The van der Waals surface area contributed by atoms with Crippen LogP contribution in [0.15, 0.2) is 42.6 Å². The van der Waals surface area contributed by atoms with E-state index in [1.807, 2.05) is 11.6 Å². The molecule has 1 aromatic carbocycles. The molecule has 2 saturated heterocycles. The van der Waals surface area contributed by atoms with E-state index in [9.17, 15) is 32.3 Å². The van der Waals surface area contributed by atoms with E-state index in [4.69, 9.17) is 14.2 Å². The number of nitrogens with one attached hydrogen (secondary N) is 2. The Balaban J connectivity index is 1.31. The number of alkyl halides is 4. The zero-order chi connectivity index (χ0) is 44.1. The van der Waals surface area contributed by atoms with Gasteiger partial charge in [0, 0.05) is 49.2 Å². The molecule has 2 saturated carbocycles. The van der Waals surface area contributed by atoms with Crippen molar-refractivity contribution in [1.29, 1.82) is 0 Å². The van der Waals surface area contributed by atoms with Crippen molar-refractivity contribution in [3.05, 3.63) is 42.6 Å². The van der Waals surface area contributed by atoms with E-state index in [1.165, 1.54) is 20.2 Å². The lowest BCUT2D eigenvalue weighted by molar-refractivity contribution is -0.253. The molecule has 4 amide bonds. The summed E-state index contributed by atoms with van der Waals surface area (Å²) in [5, 5.41) is 14.6. The van der Waals surface area contributed by atoms with Crippen LogP contribution in [0.2, 0.25) is 0 Å². The van der Waals surface area contributed by atoms with Gasteiger partial charge in [0.05, 0.1) is 19.9 Å². The van der Waals surface area contributed by atoms with E-state index in [0.29, 0.717) is 29.4 Å². The van der Waals surface area contributed by atoms with Gasteiger partial charge in [-0.2, -0.15) is 13.2 Å². The van der Waals surface area contributed by atoms with Gasteiger partial charge in [0.2, 0.25) is 27.7 Å². The number of nitrogens with zero attached hydrogens (tertiary/aromatic N) is 3. The summed E-state index contributed by atoms with van der Waals surface area (Å²) in [4.78, 5) is 62.9. The van der Waals surface area contributed by atoms with Crippen LogP contribution in [0.1, 0.15) is 71.6 Å². The Morgan fingerprint density at radius 1 is 1.10 bits per heavy atom. The third kappa shape index (κ3) is 8.09. The largest absolute Gasteiger partial charge is 0.494 e. The Labute approximate surface area is 350 Å². The van der Waals surface area contributed by atoms with E-state index >= 15 is 18.0 Å². The summed E-state index contributed by atoms with van der Waals surface area (Å²) in [5.74, 6) is -4.52. The molecule has 7 atom stereocenters. The van der Waals surface area contributed by atoms with Crippen molar-refractivity contribution in [2.45, 2.75) is 112 Å². The van der Waals surface area contributed by atoms with E-state index < -0.39 is 125 Å². The lowest BCUT2D eigenvalue weighted by Gasteiger charge is -2.50. The molecule has 61 heavy (non-hydrogen) atoms. The molecule has 4 fully saturated rings. The highest BCUT2D eigenvalue weighted by molar-refractivity contribution is 7.91. The molecule has 1 aromatic heterocycles. The molecule has 7 rings (SSSR count). The Morgan fingerprint density at radius 3 is 2.41 bits per heavy atom. The highest BCUT2D eigenvalue weighted by Gasteiger charge is 2.66. The highest BCUT2D eigenvalue weighted by Crippen LogP contribution is 2.49. The predicted molar refractivity (Wildman–Crippen MR) is 211 cm³/mol. The maximum atomic E-state index is 15.4. The molecule has 0 unspecified atom stereocenters. The molecule has 2 aliphatic carbocycles. The van der Waals surface area contributed by atoms with E-state index in [1.54, 1.807) is 36.4 Å². The molecule has 334 valence electrons. The minimum atomic E-state index is -5.13. The first-order valence-corrected chi connectivity index (χ1v) is 22.0. The Morgan fingerprint density at radius 2 is 1.79 bits per heavy atom. The average molecular weight is 882 g/mol. The maximum Gasteiger partial charge on any atom is 0.412 e. The fourth-order valence-electron chi connectivity index (χ4n) is 9.39. The van der Waals surface area contributed by atoms with Gasteiger partial charge in [0.1, 0.15) is 46.4 Å². The lowest BCUT2D eigenvalue weighted by Crippen LogP contribution is -2.70. The summed E-state index contributed by atoms with van der Waals surface area (Å²) in [6.07, 6.45) is -4.11. The van der Waals surface area contributed by atoms with Gasteiger partial charge in [-0.3, -0.25) is 24.0 Å². The monoisotopic (exact) mass is 881 g/mol. The molecule has 5 aliphatic rings. The number of hydrogen-bond donors (Lipinski definition) is 3. The van der Waals surface area contributed by atoms with Gasteiger partial charge in [0.15, 0.2) is 0 Å². The number of hydrogen-bond acceptors (Lipinski definition) is 10. The number of rotatable bonds is 9. The van der Waals surface area contributed by atoms with Crippen LogP contribution in [-0.2, 0) is 29.1 Å². The molecule has 0 radical (unpaired) electrons. The second-order valence-corrected chi connectivity index (χ2v) is 19.3. The van der Waals surface area contributed by atoms with Crippen molar-refractivity contribution in [2.24, 2.45) is 17.8 Å². The lowest BCUT2D eigenvalue weighted by atomic mass is 9.81. The van der Waals surface area contributed by atoms with Gasteiger partial charge < -0.3 is 29.5 Å². The van der Waals surface area contributed by atoms with Gasteiger partial charge in [-0.25, -0.2) is 22.6 Å². The molecule has 2 aromatic rings. The van der Waals surface area contributed by atoms with Crippen molar-refractivity contribution in [3.63, 3.8) is 0 Å². The fourth-order valence-corrected chi connectivity index (χ4v) is 10.8. The number of sulfonamides is 1. The van der Waals surface area contributed by atoms with Crippen LogP contribution < -0.4 is 19.5 Å². The number of halogens is 4. The number of pyridine rings is 1. The fraction of sp³-hybridized carbons (Fsp3) is 0.634. The standard InChI is InChI=1S/C41H51F4N5O10S/c1-24-8-4-5-9-26-20-40(26,36(53)48-61(56,57)38(23-42)12-13-38)47-33(51)30-19-27(60-34-29-11-7-6-10-28(29)31(58-3)21-46-34)22-49(30)35(52)32(25(2)18-24)50(37(54)55)39(41(43,44)45)14-16-59-17-15-39/h5-7,9-11,21,24-27,30,32H,4,8,12-20,22-23H2,1-3H3,(H,47,51)(H,48,53)(H,54,55)/t24-,25-,26-,27-,30+,32+,40-/m1/s1. The normalized spacial score (nSPS) is 30.2. The minimum absolute atomic E-state index is 0.00145. The zero-order valence-electron chi connectivity index (χ0n) is 34.1. The number of aromatic nitrogens is 1. The van der Waals surface area contributed by atoms with Crippen molar-refractivity contribution in [3.8, 4) is 11.6 Å².